The topological polar surface area (TPSA) is 29.3 Å². The molecule has 2 unspecified atom stereocenters. The van der Waals surface area contributed by atoms with Gasteiger partial charge in [0.05, 0.1) is 0 Å². The maximum Gasteiger partial charge on any atom is 0.0295 e. The monoisotopic (exact) mass is 274 g/mol. The molecule has 0 radical (unpaired) electrons. The average Bonchev–Trinajstić information content (AvgIpc) is 2.88. The van der Waals surface area contributed by atoms with E-state index in [0.717, 1.165) is 12.3 Å². The Balaban J connectivity index is 1.70. The molecule has 2 N–H and O–H groups in total. The first-order valence-electron chi connectivity index (χ1n) is 7.99. The summed E-state index contributed by atoms with van der Waals surface area (Å²) >= 11 is 0. The molecule has 112 valence electrons. The van der Waals surface area contributed by atoms with E-state index in [1.54, 1.807) is 0 Å². The van der Waals surface area contributed by atoms with Gasteiger partial charge in [0.25, 0.3) is 0 Å². The summed E-state index contributed by atoms with van der Waals surface area (Å²) in [5.41, 5.74) is 7.98. The number of nitrogens with zero attached hydrogens (tertiary/aromatic N) is 1. The van der Waals surface area contributed by atoms with E-state index in [1.807, 2.05) is 6.07 Å². The van der Waals surface area contributed by atoms with E-state index >= 15 is 0 Å². The molecule has 1 aromatic rings. The summed E-state index contributed by atoms with van der Waals surface area (Å²) in [6, 6.07) is 10.7. The SMILES string of the molecule is CC(C)(C)C1CCN(CCCC(N)c2ccccc2)C1. The highest BCUT2D eigenvalue weighted by molar-refractivity contribution is 5.18. The van der Waals surface area contributed by atoms with Crippen molar-refractivity contribution in [2.24, 2.45) is 17.1 Å². The minimum atomic E-state index is 0.192. The van der Waals surface area contributed by atoms with Crippen molar-refractivity contribution >= 4 is 0 Å². The quantitative estimate of drug-likeness (QED) is 0.884. The van der Waals surface area contributed by atoms with Crippen molar-refractivity contribution in [2.75, 3.05) is 19.6 Å². The summed E-state index contributed by atoms with van der Waals surface area (Å²) in [4.78, 5) is 2.62. The fraction of sp³-hybridized carbons (Fsp3) is 0.667. The Bertz CT molecular complexity index is 394. The largest absolute Gasteiger partial charge is 0.324 e. The van der Waals surface area contributed by atoms with Gasteiger partial charge >= 0.3 is 0 Å². The lowest BCUT2D eigenvalue weighted by atomic mass is 9.80. The van der Waals surface area contributed by atoms with E-state index in [2.05, 4.69) is 49.9 Å². The fourth-order valence-electron chi connectivity index (χ4n) is 3.14. The van der Waals surface area contributed by atoms with Crippen LogP contribution in [0.2, 0.25) is 0 Å². The number of benzene rings is 1. The van der Waals surface area contributed by atoms with E-state index in [4.69, 9.17) is 5.73 Å². The molecule has 1 fully saturated rings. The number of hydrogen-bond acceptors (Lipinski definition) is 2. The van der Waals surface area contributed by atoms with Crippen LogP contribution in [0.25, 0.3) is 0 Å². The first-order chi connectivity index (χ1) is 9.47. The van der Waals surface area contributed by atoms with Crippen LogP contribution >= 0.6 is 0 Å². The van der Waals surface area contributed by atoms with Crippen LogP contribution in [0.4, 0.5) is 0 Å². The van der Waals surface area contributed by atoms with Crippen molar-refractivity contribution in [3.63, 3.8) is 0 Å². The second-order valence-corrected chi connectivity index (χ2v) is 7.31. The van der Waals surface area contributed by atoms with Crippen molar-refractivity contribution in [1.29, 1.82) is 0 Å². The Labute approximate surface area is 124 Å². The zero-order chi connectivity index (χ0) is 14.6. The third-order valence-electron chi connectivity index (χ3n) is 4.71. The standard InChI is InChI=1S/C18H30N2/c1-18(2,3)16-11-13-20(14-16)12-7-10-17(19)15-8-5-4-6-9-15/h4-6,8-9,16-17H,7,10-14,19H2,1-3H3. The van der Waals surface area contributed by atoms with Crippen LogP contribution in [0, 0.1) is 11.3 Å². The Kier molecular flexibility index (Phi) is 5.22. The van der Waals surface area contributed by atoms with E-state index in [0.29, 0.717) is 5.41 Å². The third-order valence-corrected chi connectivity index (χ3v) is 4.71. The highest BCUT2D eigenvalue weighted by Gasteiger charge is 2.31. The molecule has 1 saturated heterocycles. The fourth-order valence-corrected chi connectivity index (χ4v) is 3.14. The Hall–Kier alpha value is -0.860. The maximum absolute atomic E-state index is 6.26. The first-order valence-corrected chi connectivity index (χ1v) is 7.99. The molecular weight excluding hydrogens is 244 g/mol. The van der Waals surface area contributed by atoms with Crippen LogP contribution in [-0.4, -0.2) is 24.5 Å². The summed E-state index contributed by atoms with van der Waals surface area (Å²) < 4.78 is 0. The van der Waals surface area contributed by atoms with Crippen LogP contribution in [0.15, 0.2) is 30.3 Å². The van der Waals surface area contributed by atoms with Crippen LogP contribution in [-0.2, 0) is 0 Å². The maximum atomic E-state index is 6.26. The van der Waals surface area contributed by atoms with Crippen molar-refractivity contribution in [1.82, 2.24) is 4.90 Å². The second kappa shape index (κ2) is 6.73. The van der Waals surface area contributed by atoms with Gasteiger partial charge in [-0.15, -0.1) is 0 Å². The van der Waals surface area contributed by atoms with Gasteiger partial charge in [0.1, 0.15) is 0 Å². The zero-order valence-corrected chi connectivity index (χ0v) is 13.3. The summed E-state index contributed by atoms with van der Waals surface area (Å²) in [5.74, 6) is 0.852. The van der Waals surface area contributed by atoms with Gasteiger partial charge in [-0.05, 0) is 49.2 Å². The summed E-state index contributed by atoms with van der Waals surface area (Å²) in [6.45, 7) is 10.8. The first kappa shape index (κ1) is 15.5. The number of rotatable bonds is 5. The van der Waals surface area contributed by atoms with Crippen LogP contribution in [0.1, 0.15) is 51.6 Å². The molecule has 0 saturated carbocycles. The third kappa shape index (κ3) is 4.32. The van der Waals surface area contributed by atoms with Gasteiger partial charge in [0.15, 0.2) is 0 Å². The minimum absolute atomic E-state index is 0.192. The molecule has 1 aliphatic heterocycles. The Morgan fingerprint density at radius 3 is 2.55 bits per heavy atom. The molecule has 2 heteroatoms. The molecule has 1 aromatic carbocycles. The summed E-state index contributed by atoms with van der Waals surface area (Å²) in [7, 11) is 0. The van der Waals surface area contributed by atoms with Crippen molar-refractivity contribution < 1.29 is 0 Å². The molecule has 0 bridgehead atoms. The van der Waals surface area contributed by atoms with Crippen molar-refractivity contribution in [2.45, 2.75) is 46.1 Å². The van der Waals surface area contributed by atoms with Gasteiger partial charge in [-0.3, -0.25) is 0 Å². The van der Waals surface area contributed by atoms with Crippen molar-refractivity contribution in [3.8, 4) is 0 Å². The number of hydrogen-bond donors (Lipinski definition) is 1. The lowest BCUT2D eigenvalue weighted by Gasteiger charge is -2.27. The van der Waals surface area contributed by atoms with Gasteiger partial charge in [-0.1, -0.05) is 51.1 Å². The zero-order valence-electron chi connectivity index (χ0n) is 13.3. The normalized spacial score (nSPS) is 22.1. The smallest absolute Gasteiger partial charge is 0.0295 e. The molecule has 0 spiro atoms. The molecule has 0 aliphatic carbocycles. The van der Waals surface area contributed by atoms with Crippen LogP contribution in [0.5, 0.6) is 0 Å². The van der Waals surface area contributed by atoms with E-state index < -0.39 is 0 Å². The van der Waals surface area contributed by atoms with E-state index in [-0.39, 0.29) is 6.04 Å². The molecule has 20 heavy (non-hydrogen) atoms. The minimum Gasteiger partial charge on any atom is -0.324 e. The number of nitrogens with two attached hydrogens (primary N) is 1. The predicted molar refractivity (Wildman–Crippen MR) is 86.6 cm³/mol. The predicted octanol–water partition coefficient (Wildman–Crippen LogP) is 3.83. The second-order valence-electron chi connectivity index (χ2n) is 7.31. The van der Waals surface area contributed by atoms with Gasteiger partial charge in [0, 0.05) is 12.6 Å². The Morgan fingerprint density at radius 2 is 1.95 bits per heavy atom. The van der Waals surface area contributed by atoms with Crippen LogP contribution < -0.4 is 5.73 Å². The lowest BCUT2D eigenvalue weighted by Crippen LogP contribution is -2.27. The molecular formula is C18H30N2. The number of likely N-dealkylation sites (tertiary alicyclic amines) is 1. The molecule has 2 atom stereocenters. The molecule has 2 rings (SSSR count). The summed E-state index contributed by atoms with van der Waals surface area (Å²) in [5, 5.41) is 0. The van der Waals surface area contributed by atoms with Gasteiger partial charge in [0.2, 0.25) is 0 Å². The van der Waals surface area contributed by atoms with Gasteiger partial charge < -0.3 is 10.6 Å². The highest BCUT2D eigenvalue weighted by Crippen LogP contribution is 2.33. The average molecular weight is 274 g/mol. The highest BCUT2D eigenvalue weighted by atomic mass is 15.1. The molecule has 1 aliphatic rings. The van der Waals surface area contributed by atoms with Gasteiger partial charge in [-0.2, -0.15) is 0 Å². The molecule has 1 heterocycles. The molecule has 0 aromatic heterocycles. The summed E-state index contributed by atoms with van der Waals surface area (Å²) in [6.07, 6.45) is 3.64. The van der Waals surface area contributed by atoms with Gasteiger partial charge in [-0.25, -0.2) is 0 Å². The Morgan fingerprint density at radius 1 is 1.25 bits per heavy atom. The van der Waals surface area contributed by atoms with E-state index in [1.165, 1.54) is 38.0 Å². The van der Waals surface area contributed by atoms with Crippen LogP contribution in [0.3, 0.4) is 0 Å². The molecule has 2 nitrogen and oxygen atoms in total. The van der Waals surface area contributed by atoms with Crippen molar-refractivity contribution in [3.05, 3.63) is 35.9 Å². The molecule has 0 amide bonds. The lowest BCUT2D eigenvalue weighted by molar-refractivity contribution is 0.227. The van der Waals surface area contributed by atoms with E-state index in [9.17, 15) is 0 Å².